The second-order valence-electron chi connectivity index (χ2n) is 7.39. The van der Waals surface area contributed by atoms with Crippen molar-refractivity contribution in [2.24, 2.45) is 5.92 Å². The lowest BCUT2D eigenvalue weighted by molar-refractivity contribution is 0.0943. The van der Waals surface area contributed by atoms with E-state index in [9.17, 15) is 13.2 Å². The summed E-state index contributed by atoms with van der Waals surface area (Å²) in [5.74, 6) is 1.12. The number of sulfonamides is 1. The fourth-order valence-corrected chi connectivity index (χ4v) is 4.97. The minimum absolute atomic E-state index is 0.164. The molecule has 0 aromatic carbocycles. The molecule has 0 radical (unpaired) electrons. The quantitative estimate of drug-likeness (QED) is 0.643. The molecule has 1 amide bonds. The van der Waals surface area contributed by atoms with Gasteiger partial charge in [-0.15, -0.1) is 0 Å². The van der Waals surface area contributed by atoms with Crippen molar-refractivity contribution >= 4 is 15.9 Å². The van der Waals surface area contributed by atoms with Gasteiger partial charge >= 0.3 is 0 Å². The minimum Gasteiger partial charge on any atom is -0.467 e. The Balaban J connectivity index is 1.45. The van der Waals surface area contributed by atoms with Crippen LogP contribution in [0.1, 0.15) is 36.0 Å². The number of furan rings is 1. The Morgan fingerprint density at radius 3 is 2.87 bits per heavy atom. The highest BCUT2D eigenvalue weighted by Crippen LogP contribution is 2.23. The Morgan fingerprint density at radius 1 is 1.30 bits per heavy atom. The van der Waals surface area contributed by atoms with Crippen molar-refractivity contribution in [1.29, 1.82) is 0 Å². The Hall–Kier alpha value is -2.98. The number of nitrogens with zero attached hydrogens (tertiary/aromatic N) is 4. The molecule has 4 heterocycles. The highest BCUT2D eigenvalue weighted by atomic mass is 32.2. The van der Waals surface area contributed by atoms with Gasteiger partial charge < -0.3 is 9.73 Å². The summed E-state index contributed by atoms with van der Waals surface area (Å²) < 4.78 is 34.0. The highest BCUT2D eigenvalue weighted by Gasteiger charge is 2.28. The average Bonchev–Trinajstić information content (AvgIpc) is 3.44. The third-order valence-electron chi connectivity index (χ3n) is 5.06. The highest BCUT2D eigenvalue weighted by molar-refractivity contribution is 7.89. The van der Waals surface area contributed by atoms with E-state index in [2.05, 4.69) is 22.2 Å². The third kappa shape index (κ3) is 4.29. The summed E-state index contributed by atoms with van der Waals surface area (Å²) in [6.07, 6.45) is 7.80. The topological polar surface area (TPSA) is 110 Å². The van der Waals surface area contributed by atoms with E-state index in [-0.39, 0.29) is 23.0 Å². The number of pyridine rings is 1. The Labute approximate surface area is 174 Å². The van der Waals surface area contributed by atoms with Crippen molar-refractivity contribution in [1.82, 2.24) is 24.2 Å². The number of piperidine rings is 1. The SMILES string of the molecule is C[C@@H]1CCCN(S(=O)(=O)c2ccc(-n3cnc(C(=O)NCc4ccco4)c3)nc2)C1. The van der Waals surface area contributed by atoms with Crippen LogP contribution in [0.3, 0.4) is 0 Å². The van der Waals surface area contributed by atoms with Gasteiger partial charge in [-0.25, -0.2) is 18.4 Å². The molecule has 1 fully saturated rings. The summed E-state index contributed by atoms with van der Waals surface area (Å²) in [6.45, 7) is 3.39. The number of hydrogen-bond acceptors (Lipinski definition) is 6. The van der Waals surface area contributed by atoms with Crippen LogP contribution >= 0.6 is 0 Å². The number of carbonyl (C=O) groups is 1. The van der Waals surface area contributed by atoms with Crippen LogP contribution in [0, 0.1) is 5.92 Å². The largest absolute Gasteiger partial charge is 0.467 e. The zero-order chi connectivity index (χ0) is 21.1. The lowest BCUT2D eigenvalue weighted by atomic mass is 10.0. The average molecular weight is 430 g/mol. The van der Waals surface area contributed by atoms with Crippen LogP contribution in [0.15, 0.2) is 58.6 Å². The molecule has 0 unspecified atom stereocenters. The van der Waals surface area contributed by atoms with Crippen LogP contribution in [0.25, 0.3) is 5.82 Å². The van der Waals surface area contributed by atoms with Gasteiger partial charge in [0.05, 0.1) is 12.8 Å². The summed E-state index contributed by atoms with van der Waals surface area (Å²) in [5.41, 5.74) is 0.224. The lowest BCUT2D eigenvalue weighted by Gasteiger charge is -2.29. The summed E-state index contributed by atoms with van der Waals surface area (Å²) in [4.78, 5) is 20.8. The number of carbonyl (C=O) groups excluding carboxylic acids is 1. The first-order valence-corrected chi connectivity index (χ1v) is 11.2. The number of aromatic nitrogens is 3. The Morgan fingerprint density at radius 2 is 2.17 bits per heavy atom. The first-order chi connectivity index (χ1) is 14.4. The zero-order valence-electron chi connectivity index (χ0n) is 16.6. The van der Waals surface area contributed by atoms with E-state index in [1.807, 2.05) is 0 Å². The van der Waals surface area contributed by atoms with E-state index < -0.39 is 10.0 Å². The molecule has 4 rings (SSSR count). The lowest BCUT2D eigenvalue weighted by Crippen LogP contribution is -2.39. The number of rotatable bonds is 6. The van der Waals surface area contributed by atoms with Crippen molar-refractivity contribution in [3.8, 4) is 5.82 Å². The second kappa shape index (κ2) is 8.41. The standard InChI is InChI=1S/C20H23N5O4S/c1-15-4-2-8-25(12-15)30(27,28)17-6-7-19(21-11-17)24-13-18(23-14-24)20(26)22-10-16-5-3-9-29-16/h3,5-7,9,11,13-15H,2,4,8,10,12H2,1H3,(H,22,26)/t15-/m1/s1. The summed E-state index contributed by atoms with van der Waals surface area (Å²) in [7, 11) is -3.56. The van der Waals surface area contributed by atoms with E-state index in [1.54, 1.807) is 29.0 Å². The molecule has 158 valence electrons. The molecule has 0 spiro atoms. The van der Waals surface area contributed by atoms with Crippen LogP contribution in [0.2, 0.25) is 0 Å². The van der Waals surface area contributed by atoms with Gasteiger partial charge in [0.15, 0.2) is 0 Å². The van der Waals surface area contributed by atoms with Crippen LogP contribution in [0.5, 0.6) is 0 Å². The van der Waals surface area contributed by atoms with Crippen molar-refractivity contribution in [3.63, 3.8) is 0 Å². The van der Waals surface area contributed by atoms with Gasteiger partial charge in [-0.3, -0.25) is 9.36 Å². The van der Waals surface area contributed by atoms with E-state index in [4.69, 9.17) is 4.42 Å². The number of amides is 1. The molecule has 0 bridgehead atoms. The smallest absolute Gasteiger partial charge is 0.271 e. The third-order valence-corrected chi connectivity index (χ3v) is 6.91. The van der Waals surface area contributed by atoms with Crippen molar-refractivity contribution in [2.45, 2.75) is 31.2 Å². The molecule has 0 saturated carbocycles. The summed E-state index contributed by atoms with van der Waals surface area (Å²) >= 11 is 0. The maximum atomic E-state index is 12.8. The molecule has 1 atom stereocenters. The van der Waals surface area contributed by atoms with Crippen LogP contribution in [-0.4, -0.2) is 46.3 Å². The first kappa shape index (κ1) is 20.3. The fraction of sp³-hybridized carbons (Fsp3) is 0.350. The Bertz CT molecular complexity index is 1110. The predicted octanol–water partition coefficient (Wildman–Crippen LogP) is 2.21. The second-order valence-corrected chi connectivity index (χ2v) is 9.33. The molecule has 0 aliphatic carbocycles. The van der Waals surface area contributed by atoms with E-state index in [1.165, 1.54) is 29.2 Å². The molecule has 30 heavy (non-hydrogen) atoms. The van der Waals surface area contributed by atoms with E-state index in [0.29, 0.717) is 30.6 Å². The molecule has 1 aliphatic heterocycles. The number of imidazole rings is 1. The number of hydrogen-bond donors (Lipinski definition) is 1. The van der Waals surface area contributed by atoms with Gasteiger partial charge in [-0.1, -0.05) is 6.92 Å². The van der Waals surface area contributed by atoms with Gasteiger partial charge in [0.1, 0.15) is 28.5 Å². The van der Waals surface area contributed by atoms with Crippen LogP contribution in [-0.2, 0) is 16.6 Å². The van der Waals surface area contributed by atoms with Gasteiger partial charge in [-0.2, -0.15) is 4.31 Å². The zero-order valence-corrected chi connectivity index (χ0v) is 17.4. The van der Waals surface area contributed by atoms with Gasteiger partial charge in [0.25, 0.3) is 5.91 Å². The molecule has 9 nitrogen and oxygen atoms in total. The molecule has 3 aromatic rings. The molecular formula is C20H23N5O4S. The Kier molecular flexibility index (Phi) is 5.69. The first-order valence-electron chi connectivity index (χ1n) is 9.74. The van der Waals surface area contributed by atoms with Crippen molar-refractivity contribution in [3.05, 3.63) is 60.7 Å². The minimum atomic E-state index is -3.56. The molecule has 1 aliphatic rings. The van der Waals surface area contributed by atoms with Gasteiger partial charge in [0, 0.05) is 25.5 Å². The van der Waals surface area contributed by atoms with Gasteiger partial charge in [-0.05, 0) is 43.0 Å². The van der Waals surface area contributed by atoms with Crippen molar-refractivity contribution in [2.75, 3.05) is 13.1 Å². The van der Waals surface area contributed by atoms with E-state index in [0.717, 1.165) is 12.8 Å². The van der Waals surface area contributed by atoms with Crippen molar-refractivity contribution < 1.29 is 17.6 Å². The van der Waals surface area contributed by atoms with Crippen LogP contribution in [0.4, 0.5) is 0 Å². The monoisotopic (exact) mass is 429 g/mol. The molecule has 3 aromatic heterocycles. The maximum Gasteiger partial charge on any atom is 0.271 e. The number of nitrogens with one attached hydrogen (secondary N) is 1. The molecule has 1 saturated heterocycles. The maximum absolute atomic E-state index is 12.8. The van der Waals surface area contributed by atoms with Gasteiger partial charge in [0.2, 0.25) is 10.0 Å². The molecule has 1 N–H and O–H groups in total. The fourth-order valence-electron chi connectivity index (χ4n) is 3.43. The van der Waals surface area contributed by atoms with E-state index >= 15 is 0 Å². The predicted molar refractivity (Wildman–Crippen MR) is 108 cm³/mol. The summed E-state index contributed by atoms with van der Waals surface area (Å²) in [6, 6.07) is 6.65. The molecule has 10 heteroatoms. The summed E-state index contributed by atoms with van der Waals surface area (Å²) in [5, 5.41) is 2.72. The normalized spacial score (nSPS) is 17.7. The van der Waals surface area contributed by atoms with Crippen LogP contribution < -0.4 is 5.32 Å². The molecular weight excluding hydrogens is 406 g/mol.